The number of hydrogen-bond acceptors (Lipinski definition) is 4. The van der Waals surface area contributed by atoms with E-state index in [-0.39, 0.29) is 12.1 Å². The zero-order valence-corrected chi connectivity index (χ0v) is 11.7. The first-order chi connectivity index (χ1) is 9.21. The molecule has 0 unspecified atom stereocenters. The Morgan fingerprint density at radius 3 is 2.47 bits per heavy atom. The minimum absolute atomic E-state index is 0.254. The van der Waals surface area contributed by atoms with Crippen LogP contribution in [0.4, 0.5) is 10.1 Å². The normalized spacial score (nSPS) is 10.8. The molecule has 1 aromatic carbocycles. The number of benzene rings is 1. The predicted molar refractivity (Wildman–Crippen MR) is 73.1 cm³/mol. The Hall–Kier alpha value is -1.33. The standard InChI is InChI=1S/C14H22FNO3/c1-4-18-14(19-5-2)8-9-16-13-10-11(17-3)6-7-12(13)15/h6-7,10,14,16H,4-5,8-9H2,1-3H3. The lowest BCUT2D eigenvalue weighted by Crippen LogP contribution is -2.21. The van der Waals surface area contributed by atoms with Gasteiger partial charge in [0.05, 0.1) is 12.8 Å². The van der Waals surface area contributed by atoms with Crippen molar-refractivity contribution in [2.75, 3.05) is 32.2 Å². The molecule has 1 rings (SSSR count). The van der Waals surface area contributed by atoms with Gasteiger partial charge in [-0.3, -0.25) is 0 Å². The summed E-state index contributed by atoms with van der Waals surface area (Å²) >= 11 is 0. The van der Waals surface area contributed by atoms with E-state index in [1.807, 2.05) is 13.8 Å². The summed E-state index contributed by atoms with van der Waals surface area (Å²) in [7, 11) is 1.55. The van der Waals surface area contributed by atoms with Gasteiger partial charge in [-0.1, -0.05) is 0 Å². The second-order valence-corrected chi connectivity index (χ2v) is 3.90. The molecule has 0 aromatic heterocycles. The number of halogens is 1. The Morgan fingerprint density at radius 1 is 1.21 bits per heavy atom. The molecule has 0 fully saturated rings. The predicted octanol–water partition coefficient (Wildman–Crippen LogP) is 3.04. The van der Waals surface area contributed by atoms with Crippen molar-refractivity contribution in [1.82, 2.24) is 0 Å². The summed E-state index contributed by atoms with van der Waals surface area (Å²) in [4.78, 5) is 0. The van der Waals surface area contributed by atoms with E-state index in [0.717, 1.165) is 0 Å². The van der Waals surface area contributed by atoms with Crippen LogP contribution < -0.4 is 10.1 Å². The van der Waals surface area contributed by atoms with Crippen LogP contribution in [0.3, 0.4) is 0 Å². The maximum absolute atomic E-state index is 13.5. The molecule has 0 saturated carbocycles. The summed E-state index contributed by atoms with van der Waals surface area (Å²) < 4.78 is 29.4. The van der Waals surface area contributed by atoms with Crippen LogP contribution in [0, 0.1) is 5.82 Å². The molecule has 0 spiro atoms. The highest BCUT2D eigenvalue weighted by molar-refractivity contribution is 5.49. The first-order valence-electron chi connectivity index (χ1n) is 6.51. The molecule has 0 aliphatic heterocycles. The van der Waals surface area contributed by atoms with Gasteiger partial charge in [-0.2, -0.15) is 0 Å². The van der Waals surface area contributed by atoms with E-state index in [2.05, 4.69) is 5.32 Å². The fraction of sp³-hybridized carbons (Fsp3) is 0.571. The Bertz CT molecular complexity index is 368. The molecular weight excluding hydrogens is 249 g/mol. The molecule has 1 N–H and O–H groups in total. The third-order valence-electron chi connectivity index (χ3n) is 2.57. The van der Waals surface area contributed by atoms with Crippen LogP contribution in [0.1, 0.15) is 20.3 Å². The smallest absolute Gasteiger partial charge is 0.159 e. The van der Waals surface area contributed by atoms with Gasteiger partial charge in [-0.25, -0.2) is 4.39 Å². The number of methoxy groups -OCH3 is 1. The molecule has 0 amide bonds. The maximum Gasteiger partial charge on any atom is 0.159 e. The average Bonchev–Trinajstić information content (AvgIpc) is 2.41. The molecule has 0 heterocycles. The van der Waals surface area contributed by atoms with Crippen LogP contribution in [0.25, 0.3) is 0 Å². The van der Waals surface area contributed by atoms with Crippen molar-refractivity contribution < 1.29 is 18.6 Å². The molecular formula is C14H22FNO3. The van der Waals surface area contributed by atoms with Gasteiger partial charge in [0.1, 0.15) is 11.6 Å². The summed E-state index contributed by atoms with van der Waals surface area (Å²) in [6, 6.07) is 4.60. The van der Waals surface area contributed by atoms with Crippen LogP contribution in [-0.4, -0.2) is 33.2 Å². The van der Waals surface area contributed by atoms with Crippen LogP contribution in [0.5, 0.6) is 5.75 Å². The number of nitrogens with one attached hydrogen (secondary N) is 1. The van der Waals surface area contributed by atoms with Crippen LogP contribution in [0.2, 0.25) is 0 Å². The SMILES string of the molecule is CCOC(CCNc1cc(OC)ccc1F)OCC. The number of rotatable bonds is 9. The summed E-state index contributed by atoms with van der Waals surface area (Å²) in [5.41, 5.74) is 0.422. The fourth-order valence-corrected chi connectivity index (χ4v) is 1.68. The monoisotopic (exact) mass is 271 g/mol. The Kier molecular flexibility index (Phi) is 7.22. The van der Waals surface area contributed by atoms with E-state index in [1.54, 1.807) is 19.2 Å². The largest absolute Gasteiger partial charge is 0.497 e. The summed E-state index contributed by atoms with van der Waals surface area (Å²) in [6.07, 6.45) is 0.398. The van der Waals surface area contributed by atoms with Crippen LogP contribution in [0.15, 0.2) is 18.2 Å². The second-order valence-electron chi connectivity index (χ2n) is 3.90. The zero-order valence-electron chi connectivity index (χ0n) is 11.7. The Morgan fingerprint density at radius 2 is 1.89 bits per heavy atom. The average molecular weight is 271 g/mol. The van der Waals surface area contributed by atoms with E-state index in [9.17, 15) is 4.39 Å². The van der Waals surface area contributed by atoms with Gasteiger partial charge in [0.15, 0.2) is 6.29 Å². The molecule has 0 bridgehead atoms. The van der Waals surface area contributed by atoms with E-state index in [1.165, 1.54) is 6.07 Å². The number of anilines is 1. The second kappa shape index (κ2) is 8.72. The highest BCUT2D eigenvalue weighted by atomic mass is 19.1. The highest BCUT2D eigenvalue weighted by Gasteiger charge is 2.08. The lowest BCUT2D eigenvalue weighted by molar-refractivity contribution is -0.137. The first-order valence-corrected chi connectivity index (χ1v) is 6.51. The summed E-state index contributed by atoms with van der Waals surface area (Å²) in [5.74, 6) is 0.320. The Balaban J connectivity index is 2.47. The molecule has 0 atom stereocenters. The molecule has 19 heavy (non-hydrogen) atoms. The highest BCUT2D eigenvalue weighted by Crippen LogP contribution is 2.21. The minimum atomic E-state index is -0.301. The molecule has 0 aliphatic rings. The van der Waals surface area contributed by atoms with Gasteiger partial charge >= 0.3 is 0 Å². The van der Waals surface area contributed by atoms with Crippen molar-refractivity contribution in [1.29, 1.82) is 0 Å². The third-order valence-corrected chi connectivity index (χ3v) is 2.57. The quantitative estimate of drug-likeness (QED) is 0.701. The van der Waals surface area contributed by atoms with Crippen LogP contribution in [-0.2, 0) is 9.47 Å². The fourth-order valence-electron chi connectivity index (χ4n) is 1.68. The third kappa shape index (κ3) is 5.44. The van der Waals surface area contributed by atoms with Gasteiger partial charge in [0.2, 0.25) is 0 Å². The van der Waals surface area contributed by atoms with Crippen molar-refractivity contribution in [2.24, 2.45) is 0 Å². The maximum atomic E-state index is 13.5. The van der Waals surface area contributed by atoms with E-state index in [4.69, 9.17) is 14.2 Å². The molecule has 5 heteroatoms. The van der Waals surface area contributed by atoms with Crippen molar-refractivity contribution >= 4 is 5.69 Å². The van der Waals surface area contributed by atoms with Gasteiger partial charge in [0, 0.05) is 32.2 Å². The lowest BCUT2D eigenvalue weighted by atomic mass is 10.2. The van der Waals surface area contributed by atoms with Crippen LogP contribution >= 0.6 is 0 Å². The van der Waals surface area contributed by atoms with Crippen molar-refractivity contribution in [3.05, 3.63) is 24.0 Å². The topological polar surface area (TPSA) is 39.7 Å². The van der Waals surface area contributed by atoms with Crippen molar-refractivity contribution in [3.63, 3.8) is 0 Å². The Labute approximate surface area is 113 Å². The van der Waals surface area contributed by atoms with E-state index >= 15 is 0 Å². The van der Waals surface area contributed by atoms with Crippen molar-refractivity contribution in [3.8, 4) is 5.75 Å². The molecule has 4 nitrogen and oxygen atoms in total. The number of ether oxygens (including phenoxy) is 3. The molecule has 0 aliphatic carbocycles. The van der Waals surface area contributed by atoms with E-state index in [0.29, 0.717) is 37.6 Å². The first kappa shape index (κ1) is 15.7. The lowest BCUT2D eigenvalue weighted by Gasteiger charge is -2.17. The zero-order chi connectivity index (χ0) is 14.1. The molecule has 0 radical (unpaired) electrons. The molecule has 1 aromatic rings. The molecule has 0 saturated heterocycles. The number of hydrogen-bond donors (Lipinski definition) is 1. The molecule has 108 valence electrons. The van der Waals surface area contributed by atoms with E-state index < -0.39 is 0 Å². The van der Waals surface area contributed by atoms with Gasteiger partial charge in [0.25, 0.3) is 0 Å². The minimum Gasteiger partial charge on any atom is -0.497 e. The van der Waals surface area contributed by atoms with Crippen molar-refractivity contribution in [2.45, 2.75) is 26.6 Å². The van der Waals surface area contributed by atoms with Gasteiger partial charge < -0.3 is 19.5 Å². The summed E-state index contributed by atoms with van der Waals surface area (Å²) in [6.45, 7) is 5.59. The summed E-state index contributed by atoms with van der Waals surface area (Å²) in [5, 5.41) is 3.02. The van der Waals surface area contributed by atoms with Gasteiger partial charge in [-0.05, 0) is 26.0 Å². The van der Waals surface area contributed by atoms with Gasteiger partial charge in [-0.15, -0.1) is 0 Å².